The molecule has 0 saturated heterocycles. The van der Waals surface area contributed by atoms with Crippen molar-refractivity contribution < 1.29 is 9.47 Å². The van der Waals surface area contributed by atoms with Crippen molar-refractivity contribution >= 4 is 0 Å². The lowest BCUT2D eigenvalue weighted by Crippen LogP contribution is -2.02. The minimum atomic E-state index is 0.713. The Morgan fingerprint density at radius 1 is 1.16 bits per heavy atom. The number of fused-ring (bicyclic) bond motifs is 1. The number of ether oxygens (including phenoxy) is 2. The van der Waals surface area contributed by atoms with E-state index < -0.39 is 0 Å². The van der Waals surface area contributed by atoms with E-state index in [-0.39, 0.29) is 0 Å². The Morgan fingerprint density at radius 3 is 2.95 bits per heavy atom. The van der Waals surface area contributed by atoms with Crippen molar-refractivity contribution in [2.45, 2.75) is 19.8 Å². The Hall–Kier alpha value is -1.96. The first kappa shape index (κ1) is 12.1. The lowest BCUT2D eigenvalue weighted by atomic mass is 10.1. The number of para-hydroxylation sites is 1. The summed E-state index contributed by atoms with van der Waals surface area (Å²) < 4.78 is 11.3. The summed E-state index contributed by atoms with van der Waals surface area (Å²) in [7, 11) is 0. The van der Waals surface area contributed by atoms with Gasteiger partial charge in [0.05, 0.1) is 13.2 Å². The summed E-state index contributed by atoms with van der Waals surface area (Å²) in [5.41, 5.74) is 3.83. The van der Waals surface area contributed by atoms with E-state index in [0.29, 0.717) is 6.61 Å². The summed E-state index contributed by atoms with van der Waals surface area (Å²) in [5, 5.41) is 0. The lowest BCUT2D eigenvalue weighted by molar-refractivity contribution is 0.319. The van der Waals surface area contributed by atoms with Gasteiger partial charge < -0.3 is 9.47 Å². The predicted octanol–water partition coefficient (Wildman–Crippen LogP) is 3.55. The van der Waals surface area contributed by atoms with Gasteiger partial charge >= 0.3 is 0 Å². The molecule has 0 amide bonds. The molecule has 1 aliphatic heterocycles. The zero-order valence-electron chi connectivity index (χ0n) is 11.2. The van der Waals surface area contributed by atoms with Crippen LogP contribution in [0.3, 0.4) is 0 Å². The van der Waals surface area contributed by atoms with Gasteiger partial charge in [0.2, 0.25) is 0 Å². The predicted molar refractivity (Wildman–Crippen MR) is 76.0 cm³/mol. The van der Waals surface area contributed by atoms with E-state index in [4.69, 9.17) is 9.47 Å². The second-order valence-corrected chi connectivity index (χ2v) is 4.90. The summed E-state index contributed by atoms with van der Waals surface area (Å²) >= 11 is 0. The van der Waals surface area contributed by atoms with E-state index in [2.05, 4.69) is 31.2 Å². The van der Waals surface area contributed by atoms with Crippen LogP contribution in [0.4, 0.5) is 0 Å². The zero-order chi connectivity index (χ0) is 13.1. The molecule has 0 N–H and O–H groups in total. The summed E-state index contributed by atoms with van der Waals surface area (Å²) in [5.74, 6) is 2.02. The Balaban J connectivity index is 1.59. The normalized spacial score (nSPS) is 12.9. The van der Waals surface area contributed by atoms with Crippen LogP contribution in [0, 0.1) is 6.92 Å². The largest absolute Gasteiger partial charge is 0.493 e. The second-order valence-electron chi connectivity index (χ2n) is 4.90. The summed E-state index contributed by atoms with van der Waals surface area (Å²) in [6, 6.07) is 14.6. The highest BCUT2D eigenvalue weighted by Gasteiger charge is 2.11. The highest BCUT2D eigenvalue weighted by molar-refractivity contribution is 5.40. The van der Waals surface area contributed by atoms with Gasteiger partial charge in [-0.05, 0) is 35.7 Å². The Morgan fingerprint density at radius 2 is 2.05 bits per heavy atom. The van der Waals surface area contributed by atoms with Crippen molar-refractivity contribution in [1.29, 1.82) is 0 Å². The maximum atomic E-state index is 5.83. The quantitative estimate of drug-likeness (QED) is 0.830. The maximum Gasteiger partial charge on any atom is 0.122 e. The average Bonchev–Trinajstić information content (AvgIpc) is 2.88. The molecule has 19 heavy (non-hydrogen) atoms. The SMILES string of the molecule is Cc1ccccc1OCCc1ccc2c(c1)CCO2. The third kappa shape index (κ3) is 2.73. The number of benzene rings is 2. The molecular formula is C17H18O2. The van der Waals surface area contributed by atoms with Crippen molar-refractivity contribution in [2.24, 2.45) is 0 Å². The van der Waals surface area contributed by atoms with Gasteiger partial charge in [-0.2, -0.15) is 0 Å². The van der Waals surface area contributed by atoms with E-state index in [1.807, 2.05) is 18.2 Å². The average molecular weight is 254 g/mol. The molecule has 0 saturated carbocycles. The van der Waals surface area contributed by atoms with Gasteiger partial charge in [-0.1, -0.05) is 30.3 Å². The minimum Gasteiger partial charge on any atom is -0.493 e. The van der Waals surface area contributed by atoms with E-state index in [0.717, 1.165) is 30.9 Å². The molecule has 0 atom stereocenters. The van der Waals surface area contributed by atoms with Crippen molar-refractivity contribution in [3.63, 3.8) is 0 Å². The van der Waals surface area contributed by atoms with Crippen LogP contribution in [0.25, 0.3) is 0 Å². The molecule has 2 nitrogen and oxygen atoms in total. The van der Waals surface area contributed by atoms with Crippen molar-refractivity contribution in [3.05, 3.63) is 59.2 Å². The molecule has 3 rings (SSSR count). The van der Waals surface area contributed by atoms with Gasteiger partial charge in [0.15, 0.2) is 0 Å². The highest BCUT2D eigenvalue weighted by Crippen LogP contribution is 2.26. The molecule has 0 aromatic heterocycles. The van der Waals surface area contributed by atoms with Gasteiger partial charge in [-0.3, -0.25) is 0 Å². The fourth-order valence-electron chi connectivity index (χ4n) is 2.39. The van der Waals surface area contributed by atoms with Gasteiger partial charge in [0.25, 0.3) is 0 Å². The van der Waals surface area contributed by atoms with Gasteiger partial charge in [0.1, 0.15) is 11.5 Å². The maximum absolute atomic E-state index is 5.83. The summed E-state index contributed by atoms with van der Waals surface area (Å²) in [6.45, 7) is 3.60. The van der Waals surface area contributed by atoms with Crippen LogP contribution in [-0.4, -0.2) is 13.2 Å². The molecule has 2 aromatic carbocycles. The fourth-order valence-corrected chi connectivity index (χ4v) is 2.39. The first-order chi connectivity index (χ1) is 9.33. The van der Waals surface area contributed by atoms with Crippen LogP contribution >= 0.6 is 0 Å². The zero-order valence-corrected chi connectivity index (χ0v) is 11.2. The van der Waals surface area contributed by atoms with Crippen molar-refractivity contribution in [1.82, 2.24) is 0 Å². The number of aryl methyl sites for hydroxylation is 1. The second kappa shape index (κ2) is 5.35. The minimum absolute atomic E-state index is 0.713. The van der Waals surface area contributed by atoms with E-state index >= 15 is 0 Å². The first-order valence-electron chi connectivity index (χ1n) is 6.76. The van der Waals surface area contributed by atoms with Crippen LogP contribution in [0.5, 0.6) is 11.5 Å². The van der Waals surface area contributed by atoms with Crippen LogP contribution in [0.15, 0.2) is 42.5 Å². The first-order valence-corrected chi connectivity index (χ1v) is 6.76. The van der Waals surface area contributed by atoms with E-state index in [1.54, 1.807) is 0 Å². The van der Waals surface area contributed by atoms with Gasteiger partial charge in [-0.15, -0.1) is 0 Å². The Kier molecular flexibility index (Phi) is 3.41. The lowest BCUT2D eigenvalue weighted by Gasteiger charge is -2.09. The Bertz CT molecular complexity index is 575. The van der Waals surface area contributed by atoms with Crippen LogP contribution < -0.4 is 9.47 Å². The monoisotopic (exact) mass is 254 g/mol. The van der Waals surface area contributed by atoms with Gasteiger partial charge in [0, 0.05) is 12.8 Å². The van der Waals surface area contributed by atoms with Crippen LogP contribution in [0.1, 0.15) is 16.7 Å². The highest BCUT2D eigenvalue weighted by atomic mass is 16.5. The smallest absolute Gasteiger partial charge is 0.122 e. The molecule has 98 valence electrons. The molecule has 2 heteroatoms. The van der Waals surface area contributed by atoms with Crippen molar-refractivity contribution in [2.75, 3.05) is 13.2 Å². The number of hydrogen-bond acceptors (Lipinski definition) is 2. The molecule has 0 radical (unpaired) electrons. The fraction of sp³-hybridized carbons (Fsp3) is 0.294. The molecule has 0 unspecified atom stereocenters. The molecule has 0 bridgehead atoms. The van der Waals surface area contributed by atoms with Gasteiger partial charge in [-0.25, -0.2) is 0 Å². The van der Waals surface area contributed by atoms with Crippen LogP contribution in [0.2, 0.25) is 0 Å². The van der Waals surface area contributed by atoms with E-state index in [9.17, 15) is 0 Å². The van der Waals surface area contributed by atoms with Crippen LogP contribution in [-0.2, 0) is 12.8 Å². The molecular weight excluding hydrogens is 236 g/mol. The van der Waals surface area contributed by atoms with E-state index in [1.165, 1.54) is 16.7 Å². The number of rotatable bonds is 4. The molecule has 0 spiro atoms. The summed E-state index contributed by atoms with van der Waals surface area (Å²) in [4.78, 5) is 0. The summed E-state index contributed by atoms with van der Waals surface area (Å²) in [6.07, 6.45) is 1.96. The molecule has 0 fully saturated rings. The molecule has 1 heterocycles. The standard InChI is InChI=1S/C17H18O2/c1-13-4-2-3-5-16(13)18-10-8-14-6-7-17-15(12-14)9-11-19-17/h2-7,12H,8-11H2,1H3. The topological polar surface area (TPSA) is 18.5 Å². The molecule has 0 aliphatic carbocycles. The number of hydrogen-bond donors (Lipinski definition) is 0. The van der Waals surface area contributed by atoms with Crippen molar-refractivity contribution in [3.8, 4) is 11.5 Å². The Labute approximate surface area is 114 Å². The molecule has 2 aromatic rings. The third-order valence-electron chi connectivity index (χ3n) is 3.50. The molecule has 1 aliphatic rings. The third-order valence-corrected chi connectivity index (χ3v) is 3.50.